The maximum absolute atomic E-state index is 13.1. The number of anilines is 2. The molecule has 1 atom stereocenters. The first kappa shape index (κ1) is 20.2. The van der Waals surface area contributed by atoms with Gasteiger partial charge in [-0.05, 0) is 25.1 Å². The van der Waals surface area contributed by atoms with Crippen molar-refractivity contribution in [1.82, 2.24) is 20.5 Å². The van der Waals surface area contributed by atoms with Crippen molar-refractivity contribution >= 4 is 57.1 Å². The molecule has 0 bridgehead atoms. The van der Waals surface area contributed by atoms with Crippen molar-refractivity contribution in [2.45, 2.75) is 13.0 Å². The Labute approximate surface area is 191 Å². The number of aliphatic imine (C=N–C) groups is 1. The van der Waals surface area contributed by atoms with Crippen LogP contribution in [-0.2, 0) is 4.79 Å². The molecule has 0 spiro atoms. The average molecular weight is 466 g/mol. The van der Waals surface area contributed by atoms with E-state index in [0.29, 0.717) is 38.5 Å². The van der Waals surface area contributed by atoms with Crippen LogP contribution in [0.15, 0.2) is 74.7 Å². The summed E-state index contributed by atoms with van der Waals surface area (Å²) < 4.78 is 5.74. The number of oxazole rings is 1. The van der Waals surface area contributed by atoms with E-state index < -0.39 is 6.04 Å². The van der Waals surface area contributed by atoms with E-state index in [1.54, 1.807) is 18.5 Å². The summed E-state index contributed by atoms with van der Waals surface area (Å²) in [6.45, 7) is 1.79. The number of nitrogens with one attached hydrogen (secondary N) is 3. The Hall–Kier alpha value is -3.76. The van der Waals surface area contributed by atoms with Gasteiger partial charge in [0, 0.05) is 16.3 Å². The highest BCUT2D eigenvalue weighted by atomic mass is 35.5. The van der Waals surface area contributed by atoms with Gasteiger partial charge < -0.3 is 9.73 Å². The van der Waals surface area contributed by atoms with Crippen LogP contribution >= 0.6 is 22.9 Å². The van der Waals surface area contributed by atoms with Gasteiger partial charge in [-0.15, -0.1) is 10.2 Å². The fourth-order valence-corrected chi connectivity index (χ4v) is 4.05. The van der Waals surface area contributed by atoms with E-state index >= 15 is 0 Å². The Balaban J connectivity index is 1.50. The van der Waals surface area contributed by atoms with E-state index in [1.807, 2.05) is 42.5 Å². The van der Waals surface area contributed by atoms with Crippen LogP contribution < -0.4 is 16.0 Å². The molecule has 0 fully saturated rings. The van der Waals surface area contributed by atoms with Crippen LogP contribution in [-0.4, -0.2) is 27.0 Å². The van der Waals surface area contributed by atoms with E-state index in [1.165, 1.54) is 11.3 Å². The largest absolute Gasteiger partial charge is 0.423 e. The molecular weight excluding hydrogens is 450 g/mol. The number of amides is 1. The summed E-state index contributed by atoms with van der Waals surface area (Å²) in [5.41, 5.74) is 4.62. The zero-order valence-corrected chi connectivity index (χ0v) is 18.2. The summed E-state index contributed by atoms with van der Waals surface area (Å²) in [5.74, 6) is 0.0350. The molecule has 4 aromatic rings. The van der Waals surface area contributed by atoms with Gasteiger partial charge in [-0.3, -0.25) is 15.4 Å². The smallest absolute Gasteiger partial charge is 0.302 e. The van der Waals surface area contributed by atoms with E-state index in [2.05, 4.69) is 31.1 Å². The molecule has 32 heavy (non-hydrogen) atoms. The third-order valence-corrected chi connectivity index (χ3v) is 5.74. The third-order valence-electron chi connectivity index (χ3n) is 4.79. The number of benzene rings is 2. The normalized spacial score (nSPS) is 15.9. The molecule has 3 heterocycles. The summed E-state index contributed by atoms with van der Waals surface area (Å²) in [7, 11) is 0. The van der Waals surface area contributed by atoms with Crippen molar-refractivity contribution in [3.63, 3.8) is 0 Å². The maximum Gasteiger partial charge on any atom is 0.302 e. The summed E-state index contributed by atoms with van der Waals surface area (Å²) in [6, 6.07) is 14.3. The topological polar surface area (TPSA) is 117 Å². The van der Waals surface area contributed by atoms with E-state index in [9.17, 15) is 4.79 Å². The summed E-state index contributed by atoms with van der Waals surface area (Å²) in [6.07, 6.45) is 0. The lowest BCUT2D eigenvalue weighted by Crippen LogP contribution is -2.37. The SMILES string of the molecule is CC1=C(C(=O)Nc2nncs2)C(c2ccccc2Cl)N=C(Nc2nc3ccccc3o2)N1. The second-order valence-corrected chi connectivity index (χ2v) is 8.12. The number of carbonyl (C=O) groups is 1. The first-order valence-corrected chi connectivity index (χ1v) is 10.8. The molecule has 9 nitrogen and oxygen atoms in total. The van der Waals surface area contributed by atoms with Gasteiger partial charge in [0.25, 0.3) is 5.91 Å². The lowest BCUT2D eigenvalue weighted by Gasteiger charge is -2.26. The molecule has 0 saturated carbocycles. The molecule has 3 N–H and O–H groups in total. The van der Waals surface area contributed by atoms with Crippen molar-refractivity contribution in [1.29, 1.82) is 0 Å². The Morgan fingerprint density at radius 1 is 1.19 bits per heavy atom. The summed E-state index contributed by atoms with van der Waals surface area (Å²) in [4.78, 5) is 22.3. The van der Waals surface area contributed by atoms with Crippen LogP contribution in [0.1, 0.15) is 18.5 Å². The van der Waals surface area contributed by atoms with Gasteiger partial charge in [-0.25, -0.2) is 4.99 Å². The number of para-hydroxylation sites is 2. The monoisotopic (exact) mass is 465 g/mol. The van der Waals surface area contributed by atoms with Gasteiger partial charge >= 0.3 is 6.01 Å². The fraction of sp³-hybridized carbons (Fsp3) is 0.0952. The predicted molar refractivity (Wildman–Crippen MR) is 124 cm³/mol. The number of nitrogens with zero attached hydrogens (tertiary/aromatic N) is 4. The number of fused-ring (bicyclic) bond motifs is 1. The van der Waals surface area contributed by atoms with Crippen molar-refractivity contribution in [2.75, 3.05) is 10.6 Å². The van der Waals surface area contributed by atoms with Gasteiger partial charge in [-0.2, -0.15) is 4.98 Å². The molecule has 1 amide bonds. The van der Waals surface area contributed by atoms with Gasteiger partial charge in [0.05, 0.1) is 5.57 Å². The van der Waals surface area contributed by atoms with Crippen LogP contribution in [0.5, 0.6) is 0 Å². The molecule has 2 aromatic carbocycles. The molecule has 160 valence electrons. The molecular formula is C21H16ClN7O2S. The third kappa shape index (κ3) is 3.93. The molecule has 0 saturated heterocycles. The number of rotatable bonds is 4. The Morgan fingerprint density at radius 2 is 2.00 bits per heavy atom. The Kier molecular flexibility index (Phi) is 5.29. The number of guanidine groups is 1. The molecule has 5 rings (SSSR count). The second-order valence-electron chi connectivity index (χ2n) is 6.88. The number of aromatic nitrogens is 3. The highest BCUT2D eigenvalue weighted by molar-refractivity contribution is 7.13. The zero-order chi connectivity index (χ0) is 22.1. The first-order valence-electron chi connectivity index (χ1n) is 9.58. The summed E-state index contributed by atoms with van der Waals surface area (Å²) >= 11 is 7.69. The minimum atomic E-state index is -0.662. The first-order chi connectivity index (χ1) is 15.6. The minimum absolute atomic E-state index is 0.282. The van der Waals surface area contributed by atoms with Gasteiger partial charge in [0.15, 0.2) is 5.58 Å². The number of hydrogen-bond acceptors (Lipinski definition) is 9. The second kappa shape index (κ2) is 8.40. The molecule has 0 aliphatic carbocycles. The van der Waals surface area contributed by atoms with E-state index in [4.69, 9.17) is 21.0 Å². The standard InChI is InChI=1S/C21H16ClN7O2S/c1-11-16(18(30)27-21-29-23-10-32-21)17(12-6-2-3-7-13(12)22)26-19(24-11)28-20-25-14-8-4-5-9-15(14)31-20/h2-10,17H,1H3,(H,27,29,30)(H2,24,25,26,28). The van der Waals surface area contributed by atoms with E-state index in [0.717, 1.165) is 5.52 Å². The van der Waals surface area contributed by atoms with Gasteiger partial charge in [0.2, 0.25) is 11.1 Å². The van der Waals surface area contributed by atoms with Crippen LogP contribution in [0.3, 0.4) is 0 Å². The van der Waals surface area contributed by atoms with Gasteiger partial charge in [-0.1, -0.05) is 53.3 Å². The van der Waals surface area contributed by atoms with Crippen molar-refractivity contribution < 1.29 is 9.21 Å². The molecule has 0 radical (unpaired) electrons. The van der Waals surface area contributed by atoms with E-state index in [-0.39, 0.29) is 11.9 Å². The zero-order valence-electron chi connectivity index (χ0n) is 16.7. The van der Waals surface area contributed by atoms with Crippen LogP contribution in [0, 0.1) is 0 Å². The Morgan fingerprint density at radius 3 is 2.78 bits per heavy atom. The lowest BCUT2D eigenvalue weighted by atomic mass is 9.95. The summed E-state index contributed by atoms with van der Waals surface area (Å²) in [5, 5.41) is 17.5. The molecule has 2 aromatic heterocycles. The van der Waals surface area contributed by atoms with Crippen molar-refractivity contribution in [3.05, 3.63) is 75.9 Å². The number of carbonyl (C=O) groups excluding carboxylic acids is 1. The number of hydrogen-bond donors (Lipinski definition) is 3. The number of halogens is 1. The van der Waals surface area contributed by atoms with Crippen LogP contribution in [0.4, 0.5) is 11.1 Å². The Bertz CT molecular complexity index is 1330. The number of allylic oxidation sites excluding steroid dienone is 1. The van der Waals surface area contributed by atoms with Crippen LogP contribution in [0.2, 0.25) is 5.02 Å². The quantitative estimate of drug-likeness (QED) is 0.410. The average Bonchev–Trinajstić information content (AvgIpc) is 3.42. The van der Waals surface area contributed by atoms with Gasteiger partial charge in [0.1, 0.15) is 17.1 Å². The molecule has 1 unspecified atom stereocenters. The highest BCUT2D eigenvalue weighted by Gasteiger charge is 2.31. The van der Waals surface area contributed by atoms with Crippen molar-refractivity contribution in [3.8, 4) is 0 Å². The highest BCUT2D eigenvalue weighted by Crippen LogP contribution is 2.35. The minimum Gasteiger partial charge on any atom is -0.423 e. The maximum atomic E-state index is 13.1. The molecule has 1 aliphatic heterocycles. The van der Waals surface area contributed by atoms with Crippen molar-refractivity contribution in [2.24, 2.45) is 4.99 Å². The predicted octanol–water partition coefficient (Wildman–Crippen LogP) is 4.36. The van der Waals surface area contributed by atoms with Crippen LogP contribution in [0.25, 0.3) is 11.1 Å². The lowest BCUT2D eigenvalue weighted by molar-refractivity contribution is -0.113. The fourth-order valence-electron chi connectivity index (χ4n) is 3.37. The molecule has 1 aliphatic rings. The molecule has 11 heteroatoms.